The van der Waals surface area contributed by atoms with Gasteiger partial charge in [0.25, 0.3) is 10.0 Å². The fourth-order valence-electron chi connectivity index (χ4n) is 2.44. The van der Waals surface area contributed by atoms with Crippen LogP contribution in [0.1, 0.15) is 5.56 Å². The molecule has 1 heterocycles. The van der Waals surface area contributed by atoms with Crippen LogP contribution in [0.3, 0.4) is 0 Å². The molecule has 129 valence electrons. The van der Waals surface area contributed by atoms with Crippen molar-refractivity contribution in [1.29, 1.82) is 0 Å². The van der Waals surface area contributed by atoms with E-state index in [-0.39, 0.29) is 10.6 Å². The standard InChI is InChI=1S/C18H17N2O4S/c1-12-4-6-16-13(8-12)9-14(11-19-16)20-25(21,22)18-10-15(23-2)5-7-17(18)24-3/h4-11,20H,1H2,2-3H3. The largest absolute Gasteiger partial charge is 0.497 e. The highest BCUT2D eigenvalue weighted by Crippen LogP contribution is 2.30. The Balaban J connectivity index is 2.01. The number of nitrogens with one attached hydrogen (secondary N) is 1. The summed E-state index contributed by atoms with van der Waals surface area (Å²) in [5, 5.41) is 0.797. The van der Waals surface area contributed by atoms with E-state index in [1.54, 1.807) is 18.2 Å². The van der Waals surface area contributed by atoms with Gasteiger partial charge in [-0.3, -0.25) is 9.71 Å². The van der Waals surface area contributed by atoms with E-state index in [0.29, 0.717) is 11.4 Å². The molecular formula is C18H17N2O4S. The first-order chi connectivity index (χ1) is 11.9. The zero-order valence-corrected chi connectivity index (χ0v) is 14.6. The SMILES string of the molecule is [CH2]c1ccc2ncc(NS(=O)(=O)c3cc(OC)ccc3OC)cc2c1. The zero-order valence-electron chi connectivity index (χ0n) is 13.8. The van der Waals surface area contributed by atoms with Gasteiger partial charge in [-0.15, -0.1) is 0 Å². The molecule has 0 aliphatic rings. The van der Waals surface area contributed by atoms with Crippen LogP contribution in [0.15, 0.2) is 53.6 Å². The fourth-order valence-corrected chi connectivity index (χ4v) is 3.66. The minimum Gasteiger partial charge on any atom is -0.497 e. The molecule has 1 aromatic heterocycles. The van der Waals surface area contributed by atoms with Gasteiger partial charge in [0.1, 0.15) is 16.4 Å². The summed E-state index contributed by atoms with van der Waals surface area (Å²) in [6.45, 7) is 3.87. The quantitative estimate of drug-likeness (QED) is 0.758. The number of fused-ring (bicyclic) bond motifs is 1. The highest BCUT2D eigenvalue weighted by molar-refractivity contribution is 7.92. The second-order valence-corrected chi connectivity index (χ2v) is 7.02. The third-order valence-electron chi connectivity index (χ3n) is 3.66. The normalized spacial score (nSPS) is 11.3. The van der Waals surface area contributed by atoms with Crippen molar-refractivity contribution in [3.63, 3.8) is 0 Å². The Morgan fingerprint density at radius 3 is 2.56 bits per heavy atom. The predicted molar refractivity (Wildman–Crippen MR) is 96.6 cm³/mol. The Hall–Kier alpha value is -2.80. The summed E-state index contributed by atoms with van der Waals surface area (Å²) in [5.41, 5.74) is 1.93. The highest BCUT2D eigenvalue weighted by Gasteiger charge is 2.21. The zero-order chi connectivity index (χ0) is 18.0. The summed E-state index contributed by atoms with van der Waals surface area (Å²) in [7, 11) is -1.000. The molecule has 0 bridgehead atoms. The molecule has 0 spiro atoms. The molecule has 2 aromatic carbocycles. The lowest BCUT2D eigenvalue weighted by Crippen LogP contribution is -2.14. The first-order valence-corrected chi connectivity index (χ1v) is 8.88. The highest BCUT2D eigenvalue weighted by atomic mass is 32.2. The molecule has 1 N–H and O–H groups in total. The number of rotatable bonds is 5. The molecule has 25 heavy (non-hydrogen) atoms. The predicted octanol–water partition coefficient (Wildman–Crippen LogP) is 3.23. The van der Waals surface area contributed by atoms with Crippen molar-refractivity contribution in [3.05, 3.63) is 61.1 Å². The second kappa shape index (κ2) is 6.60. The molecule has 0 saturated carbocycles. The maximum Gasteiger partial charge on any atom is 0.265 e. The molecule has 0 atom stereocenters. The van der Waals surface area contributed by atoms with Crippen LogP contribution in [-0.4, -0.2) is 27.6 Å². The van der Waals surface area contributed by atoms with E-state index in [2.05, 4.69) is 16.6 Å². The van der Waals surface area contributed by atoms with E-state index in [0.717, 1.165) is 16.5 Å². The Morgan fingerprint density at radius 2 is 1.84 bits per heavy atom. The van der Waals surface area contributed by atoms with Crippen LogP contribution < -0.4 is 14.2 Å². The number of anilines is 1. The summed E-state index contributed by atoms with van der Waals surface area (Å²) >= 11 is 0. The smallest absolute Gasteiger partial charge is 0.265 e. The van der Waals surface area contributed by atoms with Gasteiger partial charge in [-0.1, -0.05) is 6.07 Å². The Morgan fingerprint density at radius 1 is 1.04 bits per heavy atom. The molecule has 0 fully saturated rings. The molecule has 1 radical (unpaired) electrons. The van der Waals surface area contributed by atoms with E-state index in [9.17, 15) is 8.42 Å². The van der Waals surface area contributed by atoms with Gasteiger partial charge >= 0.3 is 0 Å². The topological polar surface area (TPSA) is 77.5 Å². The van der Waals surface area contributed by atoms with Crippen LogP contribution in [0.2, 0.25) is 0 Å². The number of hydrogen-bond acceptors (Lipinski definition) is 5. The molecule has 0 aliphatic carbocycles. The van der Waals surface area contributed by atoms with Crippen molar-refractivity contribution in [3.8, 4) is 11.5 Å². The number of hydrogen-bond donors (Lipinski definition) is 1. The Kier molecular flexibility index (Phi) is 4.50. The van der Waals surface area contributed by atoms with Crippen LogP contribution >= 0.6 is 0 Å². The van der Waals surface area contributed by atoms with Gasteiger partial charge < -0.3 is 9.47 Å². The van der Waals surface area contributed by atoms with Crippen LogP contribution in [-0.2, 0) is 10.0 Å². The molecule has 3 rings (SSSR count). The number of aromatic nitrogens is 1. The fraction of sp³-hybridized carbons (Fsp3) is 0.111. The first-order valence-electron chi connectivity index (χ1n) is 7.39. The summed E-state index contributed by atoms with van der Waals surface area (Å²) in [4.78, 5) is 4.25. The summed E-state index contributed by atoms with van der Waals surface area (Å²) in [6, 6.07) is 11.8. The van der Waals surface area contributed by atoms with Crippen LogP contribution in [0.25, 0.3) is 10.9 Å². The third kappa shape index (κ3) is 3.51. The molecule has 0 saturated heterocycles. The molecule has 0 aliphatic heterocycles. The third-order valence-corrected chi connectivity index (χ3v) is 5.06. The average molecular weight is 357 g/mol. The maximum atomic E-state index is 12.8. The van der Waals surface area contributed by atoms with E-state index < -0.39 is 10.0 Å². The van der Waals surface area contributed by atoms with Gasteiger partial charge in [-0.05, 0) is 42.8 Å². The minimum atomic E-state index is -3.88. The Bertz CT molecular complexity index is 1030. The Labute approximate surface area is 146 Å². The lowest BCUT2D eigenvalue weighted by atomic mass is 10.1. The van der Waals surface area contributed by atoms with Gasteiger partial charge in [-0.25, -0.2) is 8.42 Å². The summed E-state index contributed by atoms with van der Waals surface area (Å²) in [5.74, 6) is 0.640. The van der Waals surface area contributed by atoms with Gasteiger partial charge in [-0.2, -0.15) is 0 Å². The minimum absolute atomic E-state index is 0.0136. The number of sulfonamides is 1. The van der Waals surface area contributed by atoms with Gasteiger partial charge in [0.05, 0.1) is 31.6 Å². The van der Waals surface area contributed by atoms with E-state index >= 15 is 0 Å². The molecular weight excluding hydrogens is 340 g/mol. The molecule has 0 amide bonds. The van der Waals surface area contributed by atoms with Crippen molar-refractivity contribution in [2.45, 2.75) is 4.90 Å². The van der Waals surface area contributed by atoms with Crippen molar-refractivity contribution in [2.75, 3.05) is 18.9 Å². The average Bonchev–Trinajstić information content (AvgIpc) is 2.60. The molecule has 6 nitrogen and oxygen atoms in total. The van der Waals surface area contributed by atoms with Crippen molar-refractivity contribution in [1.82, 2.24) is 4.98 Å². The number of ether oxygens (including phenoxy) is 2. The second-order valence-electron chi connectivity index (χ2n) is 5.37. The molecule has 3 aromatic rings. The lowest BCUT2D eigenvalue weighted by Gasteiger charge is -2.13. The summed E-state index contributed by atoms with van der Waals surface area (Å²) in [6.07, 6.45) is 1.47. The van der Waals surface area contributed by atoms with Crippen molar-refractivity contribution < 1.29 is 17.9 Å². The summed E-state index contributed by atoms with van der Waals surface area (Å²) < 4.78 is 38.3. The lowest BCUT2D eigenvalue weighted by molar-refractivity contribution is 0.392. The van der Waals surface area contributed by atoms with Crippen molar-refractivity contribution >= 4 is 26.6 Å². The van der Waals surface area contributed by atoms with E-state index in [1.165, 1.54) is 26.5 Å². The van der Waals surface area contributed by atoms with Gasteiger partial charge in [0.15, 0.2) is 0 Å². The van der Waals surface area contributed by atoms with E-state index in [4.69, 9.17) is 9.47 Å². The van der Waals surface area contributed by atoms with Crippen LogP contribution in [0, 0.1) is 6.92 Å². The molecule has 0 unspecified atom stereocenters. The van der Waals surface area contributed by atoms with Crippen LogP contribution in [0.4, 0.5) is 5.69 Å². The van der Waals surface area contributed by atoms with E-state index in [1.807, 2.05) is 18.2 Å². The van der Waals surface area contributed by atoms with Gasteiger partial charge in [0.2, 0.25) is 0 Å². The number of pyridine rings is 1. The maximum absolute atomic E-state index is 12.8. The number of methoxy groups -OCH3 is 2. The number of nitrogens with zero attached hydrogens (tertiary/aromatic N) is 1. The first kappa shape index (κ1) is 17.0. The van der Waals surface area contributed by atoms with Crippen molar-refractivity contribution in [2.24, 2.45) is 0 Å². The molecule has 7 heteroatoms. The van der Waals surface area contributed by atoms with Gasteiger partial charge in [0, 0.05) is 11.5 Å². The van der Waals surface area contributed by atoms with Crippen LogP contribution in [0.5, 0.6) is 11.5 Å². The number of benzene rings is 2. The monoisotopic (exact) mass is 357 g/mol.